The molecule has 12 heavy (non-hydrogen) atoms. The molecule has 0 amide bonds. The van der Waals surface area contributed by atoms with Crippen molar-refractivity contribution < 1.29 is 0 Å². The summed E-state index contributed by atoms with van der Waals surface area (Å²) in [4.78, 5) is 8.20. The zero-order chi connectivity index (χ0) is 8.72. The minimum Gasteiger partial charge on any atom is -0.382 e. The average Bonchev–Trinajstić information content (AvgIpc) is 2.42. The first-order valence-electron chi connectivity index (χ1n) is 3.75. The van der Waals surface area contributed by atoms with Gasteiger partial charge in [-0.25, -0.2) is 9.97 Å². The number of nitrogens with zero attached hydrogens (tertiary/aromatic N) is 3. The molecule has 62 valence electrons. The van der Waals surface area contributed by atoms with Crippen LogP contribution in [0.5, 0.6) is 0 Å². The molecule has 2 rings (SSSR count). The van der Waals surface area contributed by atoms with Gasteiger partial charge in [0.25, 0.3) is 0 Å². The molecular weight excluding hydrogens is 152 g/mol. The van der Waals surface area contributed by atoms with Gasteiger partial charge in [0.1, 0.15) is 17.2 Å². The molecule has 0 aliphatic rings. The standard InChI is InChI=1S/C8H10N4/c1-5-3-11-8(9)7-4-10-6(2)12(5)7/h3-4H,1-2H3,(H2,9,11). The van der Waals surface area contributed by atoms with E-state index in [1.54, 1.807) is 12.4 Å². The number of nitrogens with two attached hydrogens (primary N) is 1. The molecule has 2 aromatic heterocycles. The molecule has 0 aliphatic carbocycles. The van der Waals surface area contributed by atoms with E-state index in [1.807, 2.05) is 18.2 Å². The number of aromatic nitrogens is 3. The van der Waals surface area contributed by atoms with Crippen molar-refractivity contribution >= 4 is 11.3 Å². The highest BCUT2D eigenvalue weighted by Gasteiger charge is 2.04. The summed E-state index contributed by atoms with van der Waals surface area (Å²) in [6.07, 6.45) is 3.49. The van der Waals surface area contributed by atoms with Gasteiger partial charge < -0.3 is 5.73 Å². The van der Waals surface area contributed by atoms with Crippen LogP contribution in [0, 0.1) is 13.8 Å². The molecular formula is C8H10N4. The van der Waals surface area contributed by atoms with Crippen LogP contribution in [0.15, 0.2) is 12.4 Å². The van der Waals surface area contributed by atoms with Crippen molar-refractivity contribution in [3.05, 3.63) is 23.9 Å². The third kappa shape index (κ3) is 0.777. The normalized spacial score (nSPS) is 10.8. The summed E-state index contributed by atoms with van der Waals surface area (Å²) in [5.74, 6) is 1.47. The predicted octanol–water partition coefficient (Wildman–Crippen LogP) is 0.928. The van der Waals surface area contributed by atoms with Crippen molar-refractivity contribution in [2.45, 2.75) is 13.8 Å². The van der Waals surface area contributed by atoms with Crippen molar-refractivity contribution in [2.24, 2.45) is 0 Å². The Morgan fingerprint density at radius 2 is 2.00 bits per heavy atom. The Morgan fingerprint density at radius 3 is 2.67 bits per heavy atom. The van der Waals surface area contributed by atoms with Crippen LogP contribution in [0.1, 0.15) is 11.5 Å². The number of hydrogen-bond donors (Lipinski definition) is 1. The SMILES string of the molecule is Cc1cnc(N)c2cnc(C)n12. The first-order chi connectivity index (χ1) is 5.70. The minimum absolute atomic E-state index is 0.529. The van der Waals surface area contributed by atoms with Gasteiger partial charge in [0, 0.05) is 11.9 Å². The highest BCUT2D eigenvalue weighted by molar-refractivity contribution is 5.64. The Labute approximate surface area is 70.1 Å². The smallest absolute Gasteiger partial charge is 0.149 e. The van der Waals surface area contributed by atoms with Crippen LogP contribution in [0.3, 0.4) is 0 Å². The summed E-state index contributed by atoms with van der Waals surface area (Å²) in [6.45, 7) is 3.92. The van der Waals surface area contributed by atoms with Gasteiger partial charge in [0.15, 0.2) is 0 Å². The zero-order valence-corrected chi connectivity index (χ0v) is 7.07. The third-order valence-electron chi connectivity index (χ3n) is 1.94. The molecule has 0 saturated heterocycles. The molecule has 0 bridgehead atoms. The number of hydrogen-bond acceptors (Lipinski definition) is 3. The van der Waals surface area contributed by atoms with E-state index >= 15 is 0 Å². The number of nitrogen functional groups attached to an aromatic ring is 1. The second-order valence-corrected chi connectivity index (χ2v) is 2.81. The lowest BCUT2D eigenvalue weighted by Crippen LogP contribution is -1.99. The first kappa shape index (κ1) is 7.09. The minimum atomic E-state index is 0.529. The van der Waals surface area contributed by atoms with E-state index in [4.69, 9.17) is 5.73 Å². The molecule has 0 spiro atoms. The summed E-state index contributed by atoms with van der Waals surface area (Å²) in [5.41, 5.74) is 7.60. The van der Waals surface area contributed by atoms with Crippen LogP contribution < -0.4 is 5.73 Å². The van der Waals surface area contributed by atoms with E-state index in [2.05, 4.69) is 9.97 Å². The Kier molecular flexibility index (Phi) is 1.30. The largest absolute Gasteiger partial charge is 0.382 e. The van der Waals surface area contributed by atoms with E-state index in [0.29, 0.717) is 5.82 Å². The first-order valence-corrected chi connectivity index (χ1v) is 3.75. The van der Waals surface area contributed by atoms with E-state index in [0.717, 1.165) is 17.0 Å². The fraction of sp³-hybridized carbons (Fsp3) is 0.250. The maximum atomic E-state index is 5.67. The molecule has 0 fully saturated rings. The second-order valence-electron chi connectivity index (χ2n) is 2.81. The zero-order valence-electron chi connectivity index (χ0n) is 7.07. The second kappa shape index (κ2) is 2.20. The molecule has 4 nitrogen and oxygen atoms in total. The summed E-state index contributed by atoms with van der Waals surface area (Å²) in [7, 11) is 0. The topological polar surface area (TPSA) is 56.2 Å². The van der Waals surface area contributed by atoms with Gasteiger partial charge in [-0.15, -0.1) is 0 Å². The summed E-state index contributed by atoms with van der Waals surface area (Å²) in [6, 6.07) is 0. The van der Waals surface area contributed by atoms with Crippen LogP contribution in [-0.2, 0) is 0 Å². The molecule has 0 radical (unpaired) electrons. The van der Waals surface area contributed by atoms with Crippen LogP contribution in [-0.4, -0.2) is 14.4 Å². The monoisotopic (exact) mass is 162 g/mol. The Balaban J connectivity index is 2.98. The molecule has 0 aliphatic heterocycles. The number of rotatable bonds is 0. The van der Waals surface area contributed by atoms with E-state index in [1.165, 1.54) is 0 Å². The molecule has 2 heterocycles. The van der Waals surface area contributed by atoms with Crippen molar-refractivity contribution in [3.63, 3.8) is 0 Å². The van der Waals surface area contributed by atoms with Gasteiger partial charge in [-0.05, 0) is 13.8 Å². The molecule has 0 aromatic carbocycles. The Morgan fingerprint density at radius 1 is 1.25 bits per heavy atom. The van der Waals surface area contributed by atoms with Crippen LogP contribution in [0.4, 0.5) is 5.82 Å². The van der Waals surface area contributed by atoms with Crippen molar-refractivity contribution in [2.75, 3.05) is 5.73 Å². The number of imidazole rings is 1. The molecule has 2 N–H and O–H groups in total. The lowest BCUT2D eigenvalue weighted by Gasteiger charge is -2.02. The molecule has 0 atom stereocenters. The van der Waals surface area contributed by atoms with Gasteiger partial charge in [-0.3, -0.25) is 4.40 Å². The number of aryl methyl sites for hydroxylation is 2. The molecule has 0 unspecified atom stereocenters. The van der Waals surface area contributed by atoms with Gasteiger partial charge in [-0.1, -0.05) is 0 Å². The molecule has 2 aromatic rings. The quantitative estimate of drug-likeness (QED) is 0.627. The fourth-order valence-electron chi connectivity index (χ4n) is 1.36. The lowest BCUT2D eigenvalue weighted by molar-refractivity contribution is 0.978. The molecule has 0 saturated carbocycles. The van der Waals surface area contributed by atoms with E-state index < -0.39 is 0 Å². The van der Waals surface area contributed by atoms with E-state index in [-0.39, 0.29) is 0 Å². The average molecular weight is 162 g/mol. The van der Waals surface area contributed by atoms with Crippen molar-refractivity contribution in [3.8, 4) is 0 Å². The van der Waals surface area contributed by atoms with Crippen LogP contribution in [0.2, 0.25) is 0 Å². The van der Waals surface area contributed by atoms with Crippen LogP contribution in [0.25, 0.3) is 5.52 Å². The maximum absolute atomic E-state index is 5.67. The van der Waals surface area contributed by atoms with Gasteiger partial charge in [0.05, 0.1) is 6.20 Å². The maximum Gasteiger partial charge on any atom is 0.149 e. The van der Waals surface area contributed by atoms with Gasteiger partial charge >= 0.3 is 0 Å². The predicted molar refractivity (Wildman–Crippen MR) is 46.9 cm³/mol. The van der Waals surface area contributed by atoms with Gasteiger partial charge in [-0.2, -0.15) is 0 Å². The number of fused-ring (bicyclic) bond motifs is 1. The lowest BCUT2D eigenvalue weighted by atomic mass is 10.4. The van der Waals surface area contributed by atoms with Crippen molar-refractivity contribution in [1.82, 2.24) is 14.4 Å². The third-order valence-corrected chi connectivity index (χ3v) is 1.94. The Hall–Kier alpha value is -1.58. The molecule has 4 heteroatoms. The fourth-order valence-corrected chi connectivity index (χ4v) is 1.36. The van der Waals surface area contributed by atoms with Crippen LogP contribution >= 0.6 is 0 Å². The number of anilines is 1. The summed E-state index contributed by atoms with van der Waals surface area (Å²) in [5, 5.41) is 0. The summed E-state index contributed by atoms with van der Waals surface area (Å²) >= 11 is 0. The Bertz CT molecular complexity index is 430. The summed E-state index contributed by atoms with van der Waals surface area (Å²) < 4.78 is 1.99. The highest BCUT2D eigenvalue weighted by Crippen LogP contribution is 2.13. The van der Waals surface area contributed by atoms with Crippen molar-refractivity contribution in [1.29, 1.82) is 0 Å². The van der Waals surface area contributed by atoms with E-state index in [9.17, 15) is 0 Å². The van der Waals surface area contributed by atoms with Gasteiger partial charge in [0.2, 0.25) is 0 Å². The highest BCUT2D eigenvalue weighted by atomic mass is 15.1.